The molecule has 0 fully saturated rings. The molecule has 0 spiro atoms. The van der Waals surface area contributed by atoms with E-state index >= 15 is 0 Å². The lowest BCUT2D eigenvalue weighted by Crippen LogP contribution is -2.19. The molecule has 0 aliphatic carbocycles. The van der Waals surface area contributed by atoms with E-state index < -0.39 is 0 Å². The molecule has 0 unspecified atom stereocenters. The molecule has 2 rings (SSSR count). The normalized spacial score (nSPS) is 10.3. The van der Waals surface area contributed by atoms with E-state index in [1.165, 1.54) is 6.20 Å². The van der Waals surface area contributed by atoms with Crippen LogP contribution in [0.25, 0.3) is 0 Å². The summed E-state index contributed by atoms with van der Waals surface area (Å²) in [5, 5.41) is 9.44. The first-order valence-corrected chi connectivity index (χ1v) is 6.56. The first-order chi connectivity index (χ1) is 9.93. The van der Waals surface area contributed by atoms with Crippen molar-refractivity contribution in [2.24, 2.45) is 7.05 Å². The molecule has 0 aliphatic heterocycles. The van der Waals surface area contributed by atoms with Crippen molar-refractivity contribution in [1.29, 1.82) is 0 Å². The molecule has 1 aromatic carbocycles. The van der Waals surface area contributed by atoms with Crippen LogP contribution in [-0.4, -0.2) is 28.6 Å². The van der Waals surface area contributed by atoms with Gasteiger partial charge in [0.1, 0.15) is 0 Å². The number of hydrogen-bond donors (Lipinski definition) is 2. The summed E-state index contributed by atoms with van der Waals surface area (Å²) in [4.78, 5) is 23.9. The van der Waals surface area contributed by atoms with Crippen LogP contribution in [0, 0.1) is 13.8 Å². The standard InChI is InChI=1S/C15H18N4O2/c1-9-5-6-11(14(20)16-3)7-13(9)18-15(21)12-8-17-19(4)10(12)2/h5-8H,1-4H3,(H,16,20)(H,18,21). The fourth-order valence-corrected chi connectivity index (χ4v) is 1.95. The number of benzene rings is 1. The van der Waals surface area contributed by atoms with Gasteiger partial charge in [0, 0.05) is 31.0 Å². The number of nitrogens with zero attached hydrogens (tertiary/aromatic N) is 2. The van der Waals surface area contributed by atoms with Gasteiger partial charge in [0.2, 0.25) is 0 Å². The second-order valence-electron chi connectivity index (χ2n) is 4.83. The summed E-state index contributed by atoms with van der Waals surface area (Å²) in [5.41, 5.74) is 3.30. The molecule has 2 aromatic rings. The molecule has 1 aromatic heterocycles. The number of aromatic nitrogens is 2. The topological polar surface area (TPSA) is 76.0 Å². The Morgan fingerprint density at radius 3 is 2.48 bits per heavy atom. The number of nitrogens with one attached hydrogen (secondary N) is 2. The first-order valence-electron chi connectivity index (χ1n) is 6.56. The largest absolute Gasteiger partial charge is 0.355 e. The molecule has 21 heavy (non-hydrogen) atoms. The Balaban J connectivity index is 2.28. The highest BCUT2D eigenvalue weighted by Crippen LogP contribution is 2.18. The van der Waals surface area contributed by atoms with Gasteiger partial charge in [-0.1, -0.05) is 6.07 Å². The zero-order chi connectivity index (χ0) is 15.6. The average molecular weight is 286 g/mol. The van der Waals surface area contributed by atoms with E-state index in [-0.39, 0.29) is 11.8 Å². The van der Waals surface area contributed by atoms with E-state index in [1.54, 1.807) is 37.0 Å². The Hall–Kier alpha value is -2.63. The van der Waals surface area contributed by atoms with Gasteiger partial charge in [-0.25, -0.2) is 0 Å². The van der Waals surface area contributed by atoms with Gasteiger partial charge in [0.05, 0.1) is 11.8 Å². The number of hydrogen-bond acceptors (Lipinski definition) is 3. The van der Waals surface area contributed by atoms with Crippen molar-refractivity contribution in [3.8, 4) is 0 Å². The Labute approximate surface area is 123 Å². The first kappa shape index (κ1) is 14.8. The second-order valence-corrected chi connectivity index (χ2v) is 4.83. The molecular formula is C15H18N4O2. The SMILES string of the molecule is CNC(=O)c1ccc(C)c(NC(=O)c2cnn(C)c2C)c1. The van der Waals surface area contributed by atoms with Crippen LogP contribution in [0.15, 0.2) is 24.4 Å². The molecule has 2 N–H and O–H groups in total. The van der Waals surface area contributed by atoms with Gasteiger partial charge in [-0.3, -0.25) is 14.3 Å². The van der Waals surface area contributed by atoms with Gasteiger partial charge in [-0.05, 0) is 31.5 Å². The number of rotatable bonds is 3. The van der Waals surface area contributed by atoms with Gasteiger partial charge < -0.3 is 10.6 Å². The van der Waals surface area contributed by atoms with Crippen LogP contribution in [0.1, 0.15) is 32.0 Å². The van der Waals surface area contributed by atoms with E-state index in [0.29, 0.717) is 16.8 Å². The molecule has 6 nitrogen and oxygen atoms in total. The maximum absolute atomic E-state index is 12.3. The number of amides is 2. The molecule has 1 heterocycles. The summed E-state index contributed by atoms with van der Waals surface area (Å²) < 4.78 is 1.64. The van der Waals surface area contributed by atoms with Crippen LogP contribution >= 0.6 is 0 Å². The average Bonchev–Trinajstić information content (AvgIpc) is 2.80. The zero-order valence-electron chi connectivity index (χ0n) is 12.5. The van der Waals surface area contributed by atoms with Crippen molar-refractivity contribution in [2.45, 2.75) is 13.8 Å². The lowest BCUT2D eigenvalue weighted by atomic mass is 10.1. The minimum Gasteiger partial charge on any atom is -0.355 e. The van der Waals surface area contributed by atoms with E-state index in [9.17, 15) is 9.59 Å². The van der Waals surface area contributed by atoms with Crippen molar-refractivity contribution < 1.29 is 9.59 Å². The lowest BCUT2D eigenvalue weighted by Gasteiger charge is -2.10. The van der Waals surface area contributed by atoms with Crippen molar-refractivity contribution in [3.05, 3.63) is 46.8 Å². The minimum atomic E-state index is -0.238. The number of anilines is 1. The third kappa shape index (κ3) is 2.94. The summed E-state index contributed by atoms with van der Waals surface area (Å²) >= 11 is 0. The van der Waals surface area contributed by atoms with E-state index in [2.05, 4.69) is 15.7 Å². The Morgan fingerprint density at radius 2 is 1.90 bits per heavy atom. The van der Waals surface area contributed by atoms with Gasteiger partial charge >= 0.3 is 0 Å². The van der Waals surface area contributed by atoms with Crippen LogP contribution in [-0.2, 0) is 7.05 Å². The molecule has 0 radical (unpaired) electrons. The maximum atomic E-state index is 12.3. The fourth-order valence-electron chi connectivity index (χ4n) is 1.95. The van der Waals surface area contributed by atoms with Crippen molar-refractivity contribution >= 4 is 17.5 Å². The number of carbonyl (C=O) groups is 2. The summed E-state index contributed by atoms with van der Waals surface area (Å²) in [6.07, 6.45) is 1.53. The van der Waals surface area contributed by atoms with Crippen LogP contribution in [0.4, 0.5) is 5.69 Å². The van der Waals surface area contributed by atoms with Crippen LogP contribution in [0.2, 0.25) is 0 Å². The molecular weight excluding hydrogens is 268 g/mol. The minimum absolute atomic E-state index is 0.192. The third-order valence-electron chi connectivity index (χ3n) is 3.45. The highest BCUT2D eigenvalue weighted by molar-refractivity contribution is 6.06. The third-order valence-corrected chi connectivity index (χ3v) is 3.45. The van der Waals surface area contributed by atoms with Crippen molar-refractivity contribution in [1.82, 2.24) is 15.1 Å². The van der Waals surface area contributed by atoms with Gasteiger partial charge in [-0.2, -0.15) is 5.10 Å². The molecule has 0 aliphatic rings. The molecule has 110 valence electrons. The highest BCUT2D eigenvalue weighted by Gasteiger charge is 2.14. The summed E-state index contributed by atoms with van der Waals surface area (Å²) in [6.45, 7) is 3.70. The van der Waals surface area contributed by atoms with Crippen LogP contribution in [0.5, 0.6) is 0 Å². The maximum Gasteiger partial charge on any atom is 0.259 e. The number of carbonyl (C=O) groups excluding carboxylic acids is 2. The predicted molar refractivity (Wildman–Crippen MR) is 80.5 cm³/mol. The fraction of sp³-hybridized carbons (Fsp3) is 0.267. The van der Waals surface area contributed by atoms with E-state index in [1.807, 2.05) is 13.8 Å². The zero-order valence-corrected chi connectivity index (χ0v) is 12.5. The smallest absolute Gasteiger partial charge is 0.259 e. The van der Waals surface area contributed by atoms with E-state index in [0.717, 1.165) is 11.3 Å². The summed E-state index contributed by atoms with van der Waals surface area (Å²) in [7, 11) is 3.35. The molecule has 0 saturated heterocycles. The highest BCUT2D eigenvalue weighted by atomic mass is 16.2. The number of aryl methyl sites for hydroxylation is 2. The molecule has 0 saturated carbocycles. The van der Waals surface area contributed by atoms with Gasteiger partial charge in [0.15, 0.2) is 0 Å². The quantitative estimate of drug-likeness (QED) is 0.900. The Morgan fingerprint density at radius 1 is 1.19 bits per heavy atom. The second kappa shape index (κ2) is 5.78. The van der Waals surface area contributed by atoms with Gasteiger partial charge in [-0.15, -0.1) is 0 Å². The summed E-state index contributed by atoms with van der Waals surface area (Å²) in [6, 6.07) is 5.19. The molecule has 0 bridgehead atoms. The van der Waals surface area contributed by atoms with Crippen molar-refractivity contribution in [3.63, 3.8) is 0 Å². The molecule has 2 amide bonds. The van der Waals surface area contributed by atoms with E-state index in [4.69, 9.17) is 0 Å². The molecule has 0 atom stereocenters. The Bertz CT molecular complexity index is 704. The van der Waals surface area contributed by atoms with Gasteiger partial charge in [0.25, 0.3) is 11.8 Å². The van der Waals surface area contributed by atoms with Crippen LogP contribution in [0.3, 0.4) is 0 Å². The molecule has 6 heteroatoms. The monoisotopic (exact) mass is 286 g/mol. The van der Waals surface area contributed by atoms with Crippen molar-refractivity contribution in [2.75, 3.05) is 12.4 Å². The lowest BCUT2D eigenvalue weighted by molar-refractivity contribution is 0.0961. The van der Waals surface area contributed by atoms with Crippen LogP contribution < -0.4 is 10.6 Å². The summed E-state index contributed by atoms with van der Waals surface area (Å²) in [5.74, 6) is -0.430. The predicted octanol–water partition coefficient (Wildman–Crippen LogP) is 1.65. The Kier molecular flexibility index (Phi) is 4.07.